The maximum atomic E-state index is 5.58. The molecular weight excluding hydrogens is 1410 g/mol. The van der Waals surface area contributed by atoms with Crippen LogP contribution in [0.5, 0.6) is 0 Å². The smallest absolute Gasteiger partial charge is 0.165 e. The summed E-state index contributed by atoms with van der Waals surface area (Å²) in [5, 5.41) is 11.4. The molecule has 16 aromatic carbocycles. The maximum Gasteiger partial charge on any atom is 0.165 e. The Kier molecular flexibility index (Phi) is 15.4. The minimum absolute atomic E-state index is 0.776. The van der Waals surface area contributed by atoms with Crippen molar-refractivity contribution in [2.45, 2.75) is 0 Å². The minimum Gasteiger partial charge on any atom is -0.292 e. The lowest BCUT2D eigenvalue weighted by molar-refractivity contribution is 1.08. The first-order chi connectivity index (χ1) is 57.6. The summed E-state index contributed by atoms with van der Waals surface area (Å²) in [5.74, 6) is 3.37. The topological polar surface area (TPSA) is 96.0 Å². The van der Waals surface area contributed by atoms with E-state index in [1.54, 1.807) is 0 Å². The molecule has 10 nitrogen and oxygen atoms in total. The molecule has 0 aliphatic rings. The Morgan fingerprint density at radius 1 is 0.164 bits per heavy atom. The van der Waals surface area contributed by atoms with Gasteiger partial charge in [-0.25, -0.2) is 29.9 Å². The van der Waals surface area contributed by atoms with Crippen molar-refractivity contribution in [3.63, 3.8) is 0 Å². The summed E-state index contributed by atoms with van der Waals surface area (Å²) in [7, 11) is 0. The van der Waals surface area contributed by atoms with Crippen molar-refractivity contribution in [3.8, 4) is 102 Å². The van der Waals surface area contributed by atoms with Crippen LogP contribution in [-0.2, 0) is 0 Å². The first-order valence-corrected chi connectivity index (χ1v) is 39.3. The Morgan fingerprint density at radius 2 is 0.483 bits per heavy atom. The van der Waals surface area contributed by atoms with Gasteiger partial charge in [0, 0.05) is 76.5 Å². The number of rotatable bonds is 10. The monoisotopic (exact) mass is 1480 g/mol. The van der Waals surface area contributed by atoms with Gasteiger partial charge in [-0.05, 0) is 87.6 Å². The molecule has 0 bridgehead atoms. The number of nitrogens with zero attached hydrogens (tertiary/aromatic N) is 10. The molecule has 8 heterocycles. The number of para-hydroxylation sites is 6. The van der Waals surface area contributed by atoms with E-state index in [2.05, 4.69) is 376 Å². The predicted octanol–water partition coefficient (Wildman–Crippen LogP) is 26.7. The van der Waals surface area contributed by atoms with Crippen LogP contribution in [0.3, 0.4) is 0 Å². The van der Waals surface area contributed by atoms with Gasteiger partial charge in [0.1, 0.15) is 23.0 Å². The van der Waals surface area contributed by atoms with Crippen molar-refractivity contribution < 1.29 is 0 Å². The van der Waals surface area contributed by atoms with Crippen LogP contribution in [0, 0.1) is 0 Å². The highest BCUT2D eigenvalue weighted by molar-refractivity contribution is 6.32. The van der Waals surface area contributed by atoms with E-state index in [0.717, 1.165) is 211 Å². The lowest BCUT2D eigenvalue weighted by Gasteiger charge is -2.17. The second-order valence-corrected chi connectivity index (χ2v) is 29.6. The van der Waals surface area contributed by atoms with Crippen LogP contribution in [0.2, 0.25) is 0 Å². The Bertz CT molecular complexity index is 7980. The van der Waals surface area contributed by atoms with Gasteiger partial charge in [0.2, 0.25) is 0 Å². The van der Waals surface area contributed by atoms with E-state index in [4.69, 9.17) is 29.9 Å². The number of aromatic nitrogens is 10. The van der Waals surface area contributed by atoms with Crippen LogP contribution in [0.1, 0.15) is 0 Å². The molecule has 0 aliphatic carbocycles. The second-order valence-electron chi connectivity index (χ2n) is 29.6. The molecule has 0 saturated heterocycles. The van der Waals surface area contributed by atoms with Gasteiger partial charge in [-0.15, -0.1) is 0 Å². The fourth-order valence-corrected chi connectivity index (χ4v) is 17.8. The number of benzene rings is 16. The van der Waals surface area contributed by atoms with E-state index in [1.807, 2.05) is 42.5 Å². The zero-order valence-electron chi connectivity index (χ0n) is 62.6. The van der Waals surface area contributed by atoms with Crippen molar-refractivity contribution >= 4 is 120 Å². The van der Waals surface area contributed by atoms with Crippen LogP contribution in [0.4, 0.5) is 0 Å². The lowest BCUT2D eigenvalue weighted by atomic mass is 9.97. The van der Waals surface area contributed by atoms with Crippen molar-refractivity contribution in [1.82, 2.24) is 47.8 Å². The highest BCUT2D eigenvalue weighted by Crippen LogP contribution is 2.50. The van der Waals surface area contributed by atoms with Crippen molar-refractivity contribution in [2.24, 2.45) is 0 Å². The average Bonchev–Trinajstić information content (AvgIpc) is 1.52. The summed E-state index contributed by atoms with van der Waals surface area (Å²) in [6.07, 6.45) is 0. The number of imidazole rings is 2. The molecule has 0 fully saturated rings. The maximum absolute atomic E-state index is 5.58. The van der Waals surface area contributed by atoms with E-state index < -0.39 is 0 Å². The van der Waals surface area contributed by atoms with Crippen molar-refractivity contribution in [1.29, 1.82) is 0 Å². The molecule has 24 rings (SSSR count). The summed E-state index contributed by atoms with van der Waals surface area (Å²) in [4.78, 5) is 32.9. The van der Waals surface area contributed by atoms with Gasteiger partial charge in [-0.1, -0.05) is 346 Å². The summed E-state index contributed by atoms with van der Waals surface area (Å²) in [6, 6.07) is 141. The van der Waals surface area contributed by atoms with E-state index in [0.29, 0.717) is 0 Å². The molecule has 540 valence electrons. The summed E-state index contributed by atoms with van der Waals surface area (Å²) >= 11 is 0. The molecule has 10 heteroatoms. The third-order valence-corrected chi connectivity index (χ3v) is 23.0. The highest BCUT2D eigenvalue weighted by atomic mass is 15.1. The molecule has 0 radical (unpaired) electrons. The molecule has 0 atom stereocenters. The fourth-order valence-electron chi connectivity index (χ4n) is 17.8. The molecular formula is C106H66N10. The van der Waals surface area contributed by atoms with Crippen LogP contribution >= 0.6 is 0 Å². The zero-order chi connectivity index (χ0) is 76.3. The number of fused-ring (bicyclic) bond motifs is 22. The molecule has 116 heavy (non-hydrogen) atoms. The van der Waals surface area contributed by atoms with Crippen LogP contribution in [-0.4, -0.2) is 47.8 Å². The van der Waals surface area contributed by atoms with Crippen molar-refractivity contribution in [3.05, 3.63) is 400 Å². The molecule has 8 aromatic heterocycles. The standard InChI is InChI=1S/2C53H33N5/c1-5-17-34(18-6-1)38-29-30-41-46(33-38)57(53-50(36-21-9-3-10-22-36)54-42-26-14-15-27-43(42)55-53)45-32-31-40-39-25-13-16-28-44(39)58-51(48(40)47(41)45)49(35-19-7-2-8-20-35)56-52(58)37-23-11-4-12-24-37;1-5-17-34(18-6-1)38-29-30-40-42-32-31-41-39-25-13-16-28-45(39)57-51(48(35-19-7-2-8-20-35)56-52(57)37-23-11-4-12-24-37)47(41)50(42)58(46(40)33-38)53-49(36-21-9-3-10-22-36)54-43-26-14-15-27-44(43)55-53/h2*1-33H. The summed E-state index contributed by atoms with van der Waals surface area (Å²) in [6.45, 7) is 0. The third-order valence-electron chi connectivity index (χ3n) is 23.0. The largest absolute Gasteiger partial charge is 0.292 e. The van der Waals surface area contributed by atoms with Gasteiger partial charge in [0.05, 0.1) is 77.6 Å². The number of hydrogen-bond donors (Lipinski definition) is 0. The molecule has 0 aliphatic heterocycles. The third kappa shape index (κ3) is 10.6. The average molecular weight is 1480 g/mol. The minimum atomic E-state index is 0.776. The molecule has 0 amide bonds. The van der Waals surface area contributed by atoms with Crippen molar-refractivity contribution in [2.75, 3.05) is 0 Å². The summed E-state index contributed by atoms with van der Waals surface area (Å²) in [5.41, 5.74) is 26.3. The second kappa shape index (κ2) is 27.0. The van der Waals surface area contributed by atoms with Gasteiger partial charge in [-0.3, -0.25) is 17.9 Å². The van der Waals surface area contributed by atoms with E-state index in [1.165, 1.54) is 10.8 Å². The highest BCUT2D eigenvalue weighted by Gasteiger charge is 2.30. The molecule has 24 aromatic rings. The Hall–Kier alpha value is -15.8. The van der Waals surface area contributed by atoms with E-state index >= 15 is 0 Å². The van der Waals surface area contributed by atoms with Crippen LogP contribution in [0.25, 0.3) is 222 Å². The molecule has 0 N–H and O–H groups in total. The Labute approximate surface area is 665 Å². The lowest BCUT2D eigenvalue weighted by Crippen LogP contribution is -2.04. The normalized spacial score (nSPS) is 11.8. The first kappa shape index (κ1) is 66.0. The van der Waals surface area contributed by atoms with Gasteiger partial charge >= 0.3 is 0 Å². The number of pyridine rings is 2. The zero-order valence-corrected chi connectivity index (χ0v) is 62.6. The van der Waals surface area contributed by atoms with Gasteiger partial charge in [-0.2, -0.15) is 0 Å². The molecule has 0 saturated carbocycles. The van der Waals surface area contributed by atoms with Gasteiger partial charge < -0.3 is 0 Å². The van der Waals surface area contributed by atoms with E-state index in [-0.39, 0.29) is 0 Å². The SMILES string of the molecule is c1ccc(-c2ccc3c4c5c(ccc4n(-c4nc6ccccc6nc4-c4ccccc4)c3c2)c2ccccc2n2c(-c3ccccc3)nc(-c3ccccc3)c52)cc1.c1ccc(-c2ccc3c4ccc5c6ccccc6n6c(-c7ccccc7)nc(-c7ccccc7)c6c5c4n(-c4nc5ccccc5nc4-c4ccccc4)c3c2)cc1. The fraction of sp³-hybridized carbons (Fsp3) is 0. The van der Waals surface area contributed by atoms with Gasteiger partial charge in [0.25, 0.3) is 0 Å². The first-order valence-electron chi connectivity index (χ1n) is 39.3. The Morgan fingerprint density at radius 3 is 0.940 bits per heavy atom. The molecule has 0 unspecified atom stereocenters. The van der Waals surface area contributed by atoms with Crippen LogP contribution in [0.15, 0.2) is 400 Å². The Balaban J connectivity index is 0.000000137. The number of hydrogen-bond acceptors (Lipinski definition) is 6. The van der Waals surface area contributed by atoms with E-state index in [9.17, 15) is 0 Å². The summed E-state index contributed by atoms with van der Waals surface area (Å²) < 4.78 is 9.51. The molecule has 0 spiro atoms. The predicted molar refractivity (Wildman–Crippen MR) is 479 cm³/mol. The quantitative estimate of drug-likeness (QED) is 0.127. The van der Waals surface area contributed by atoms with Gasteiger partial charge in [0.15, 0.2) is 11.6 Å². The van der Waals surface area contributed by atoms with Crippen LogP contribution < -0.4 is 0 Å².